The number of nitrogens with one attached hydrogen (secondary N) is 1. The third-order valence-electron chi connectivity index (χ3n) is 1.98. The molecule has 18 heavy (non-hydrogen) atoms. The van der Waals surface area contributed by atoms with Crippen LogP contribution in [0, 0.1) is 11.3 Å². The average molecular weight is 287 g/mol. The van der Waals surface area contributed by atoms with Gasteiger partial charge in [0, 0.05) is 11.1 Å². The van der Waals surface area contributed by atoms with Crippen molar-refractivity contribution in [3.05, 3.63) is 28.2 Å². The second kappa shape index (κ2) is 5.94. The largest absolute Gasteiger partial charge is 0.482 e. The number of ether oxygens (including phenoxy) is 1. The molecule has 0 atom stereocenters. The molecule has 96 valence electrons. The van der Waals surface area contributed by atoms with Crippen LogP contribution in [0.1, 0.15) is 13.8 Å². The lowest BCUT2D eigenvalue weighted by molar-refractivity contribution is -0.124. The molecular weight excluding hydrogens is 275 g/mol. The number of hydrogen-bond donors (Lipinski definition) is 1. The highest BCUT2D eigenvalue weighted by Gasteiger charge is 2.19. The van der Waals surface area contributed by atoms with Crippen molar-refractivity contribution in [2.75, 3.05) is 6.61 Å². The Kier molecular flexibility index (Phi) is 4.83. The number of rotatable bonds is 4. The maximum Gasteiger partial charge on any atom is 0.259 e. The fourth-order valence-electron chi connectivity index (χ4n) is 1.14. The van der Waals surface area contributed by atoms with Crippen LogP contribution in [-0.4, -0.2) is 18.1 Å². The first-order valence-corrected chi connectivity index (χ1v) is 5.90. The Hall–Kier alpha value is -1.44. The minimum Gasteiger partial charge on any atom is -0.482 e. The third-order valence-corrected chi connectivity index (χ3v) is 2.53. The van der Waals surface area contributed by atoms with Gasteiger partial charge in [0.1, 0.15) is 11.3 Å². The fraction of sp³-hybridized carbons (Fsp3) is 0.333. The Morgan fingerprint density at radius 3 is 2.78 bits per heavy atom. The van der Waals surface area contributed by atoms with E-state index in [2.05, 4.69) is 5.32 Å². The molecule has 0 radical (unpaired) electrons. The molecule has 1 rings (SSSR count). The number of carbonyl (C=O) groups excluding carboxylic acids is 1. The lowest BCUT2D eigenvalue weighted by Crippen LogP contribution is -2.44. The molecule has 1 N–H and O–H groups in total. The molecule has 0 heterocycles. The molecule has 0 aliphatic heterocycles. The summed E-state index contributed by atoms with van der Waals surface area (Å²) in [6.45, 7) is 2.96. The van der Waals surface area contributed by atoms with Gasteiger partial charge in [0.25, 0.3) is 5.91 Å². The van der Waals surface area contributed by atoms with E-state index in [0.717, 1.165) is 0 Å². The fourth-order valence-corrected chi connectivity index (χ4v) is 1.48. The summed E-state index contributed by atoms with van der Waals surface area (Å²) >= 11 is 11.7. The van der Waals surface area contributed by atoms with Gasteiger partial charge in [-0.1, -0.05) is 23.2 Å². The standard InChI is InChI=1S/C12H12Cl2N2O2/c1-12(2,7-15)16-11(17)6-18-10-5-8(13)3-4-9(10)14/h3-5H,6H2,1-2H3,(H,16,17). The summed E-state index contributed by atoms with van der Waals surface area (Å²) in [6.07, 6.45) is 0. The minimum absolute atomic E-state index is 0.231. The highest BCUT2D eigenvalue weighted by atomic mass is 35.5. The van der Waals surface area contributed by atoms with E-state index < -0.39 is 11.4 Å². The van der Waals surface area contributed by atoms with Crippen molar-refractivity contribution in [3.63, 3.8) is 0 Å². The molecule has 0 saturated carbocycles. The van der Waals surface area contributed by atoms with Gasteiger partial charge in [-0.25, -0.2) is 0 Å². The topological polar surface area (TPSA) is 62.1 Å². The molecule has 0 aliphatic carbocycles. The van der Waals surface area contributed by atoms with Crippen LogP contribution >= 0.6 is 23.2 Å². The molecule has 1 aromatic carbocycles. The molecule has 1 aromatic rings. The van der Waals surface area contributed by atoms with Crippen LogP contribution in [0.4, 0.5) is 0 Å². The predicted molar refractivity (Wildman–Crippen MR) is 69.8 cm³/mol. The third kappa shape index (κ3) is 4.44. The number of benzene rings is 1. The maximum atomic E-state index is 11.5. The van der Waals surface area contributed by atoms with Crippen LogP contribution in [0.25, 0.3) is 0 Å². The molecule has 0 spiro atoms. The Morgan fingerprint density at radius 2 is 2.17 bits per heavy atom. The van der Waals surface area contributed by atoms with Crippen molar-refractivity contribution in [1.29, 1.82) is 5.26 Å². The molecule has 6 heteroatoms. The average Bonchev–Trinajstić information content (AvgIpc) is 2.30. The van der Waals surface area contributed by atoms with E-state index in [1.54, 1.807) is 26.0 Å². The van der Waals surface area contributed by atoms with E-state index >= 15 is 0 Å². The van der Waals surface area contributed by atoms with E-state index in [1.165, 1.54) is 6.07 Å². The van der Waals surface area contributed by atoms with Crippen molar-refractivity contribution < 1.29 is 9.53 Å². The van der Waals surface area contributed by atoms with Crippen LogP contribution in [-0.2, 0) is 4.79 Å². The van der Waals surface area contributed by atoms with Gasteiger partial charge in [0.05, 0.1) is 11.1 Å². The molecule has 0 fully saturated rings. The van der Waals surface area contributed by atoms with E-state index in [-0.39, 0.29) is 6.61 Å². The summed E-state index contributed by atoms with van der Waals surface area (Å²) in [6, 6.07) is 6.68. The minimum atomic E-state index is -0.932. The first kappa shape index (κ1) is 14.6. The Bertz CT molecular complexity index is 495. The Balaban J connectivity index is 2.58. The van der Waals surface area contributed by atoms with Gasteiger partial charge in [0.2, 0.25) is 0 Å². The summed E-state index contributed by atoms with van der Waals surface area (Å²) in [7, 11) is 0. The van der Waals surface area contributed by atoms with E-state index in [0.29, 0.717) is 15.8 Å². The summed E-state index contributed by atoms with van der Waals surface area (Å²) in [5.74, 6) is -0.0772. The lowest BCUT2D eigenvalue weighted by Gasteiger charge is -2.17. The van der Waals surface area contributed by atoms with Crippen LogP contribution in [0.3, 0.4) is 0 Å². The molecule has 4 nitrogen and oxygen atoms in total. The lowest BCUT2D eigenvalue weighted by atomic mass is 10.1. The highest BCUT2D eigenvalue weighted by molar-refractivity contribution is 6.34. The first-order chi connectivity index (χ1) is 8.34. The molecule has 0 saturated heterocycles. The predicted octanol–water partition coefficient (Wildman–Crippen LogP) is 2.79. The van der Waals surface area contributed by atoms with Crippen molar-refractivity contribution in [2.24, 2.45) is 0 Å². The zero-order valence-electron chi connectivity index (χ0n) is 9.96. The Morgan fingerprint density at radius 1 is 1.50 bits per heavy atom. The molecule has 0 unspecified atom stereocenters. The Labute approximate surface area is 115 Å². The summed E-state index contributed by atoms with van der Waals surface area (Å²) in [4.78, 5) is 11.5. The van der Waals surface area contributed by atoms with E-state index in [4.69, 9.17) is 33.2 Å². The molecule has 1 amide bonds. The van der Waals surface area contributed by atoms with Crippen LogP contribution < -0.4 is 10.1 Å². The smallest absolute Gasteiger partial charge is 0.259 e. The molecular formula is C12H12Cl2N2O2. The number of hydrogen-bond acceptors (Lipinski definition) is 3. The van der Waals surface area contributed by atoms with Crippen molar-refractivity contribution in [2.45, 2.75) is 19.4 Å². The van der Waals surface area contributed by atoms with Crippen LogP contribution in [0.5, 0.6) is 5.75 Å². The van der Waals surface area contributed by atoms with Crippen molar-refractivity contribution in [1.82, 2.24) is 5.32 Å². The highest BCUT2D eigenvalue weighted by Crippen LogP contribution is 2.27. The molecule has 0 aromatic heterocycles. The van der Waals surface area contributed by atoms with E-state index in [1.807, 2.05) is 6.07 Å². The van der Waals surface area contributed by atoms with Gasteiger partial charge in [-0.3, -0.25) is 4.79 Å². The van der Waals surface area contributed by atoms with Gasteiger partial charge in [-0.15, -0.1) is 0 Å². The second-order valence-corrected chi connectivity index (χ2v) is 4.99. The van der Waals surface area contributed by atoms with Gasteiger partial charge in [0.15, 0.2) is 6.61 Å². The number of halogens is 2. The quantitative estimate of drug-likeness (QED) is 0.926. The van der Waals surface area contributed by atoms with Crippen molar-refractivity contribution >= 4 is 29.1 Å². The van der Waals surface area contributed by atoms with Gasteiger partial charge in [-0.2, -0.15) is 5.26 Å². The molecule has 0 bridgehead atoms. The van der Waals surface area contributed by atoms with Crippen molar-refractivity contribution in [3.8, 4) is 11.8 Å². The normalized spacial score (nSPS) is 10.6. The summed E-state index contributed by atoms with van der Waals surface area (Å²) in [5, 5.41) is 12.1. The van der Waals surface area contributed by atoms with Crippen LogP contribution in [0.2, 0.25) is 10.0 Å². The van der Waals surface area contributed by atoms with E-state index in [9.17, 15) is 4.79 Å². The van der Waals surface area contributed by atoms with Gasteiger partial charge >= 0.3 is 0 Å². The van der Waals surface area contributed by atoms with Gasteiger partial charge in [-0.05, 0) is 26.0 Å². The number of amides is 1. The number of nitrogens with zero attached hydrogens (tertiary/aromatic N) is 1. The SMILES string of the molecule is CC(C)(C#N)NC(=O)COc1cc(Cl)ccc1Cl. The van der Waals surface area contributed by atoms with Crippen LogP contribution in [0.15, 0.2) is 18.2 Å². The summed E-state index contributed by atoms with van der Waals surface area (Å²) < 4.78 is 5.23. The van der Waals surface area contributed by atoms with Gasteiger partial charge < -0.3 is 10.1 Å². The second-order valence-electron chi connectivity index (χ2n) is 4.15. The zero-order chi connectivity index (χ0) is 13.8. The monoisotopic (exact) mass is 286 g/mol. The maximum absolute atomic E-state index is 11.5. The summed E-state index contributed by atoms with van der Waals surface area (Å²) in [5.41, 5.74) is -0.932. The molecule has 0 aliphatic rings. The number of nitriles is 1. The first-order valence-electron chi connectivity index (χ1n) is 5.14. The zero-order valence-corrected chi connectivity index (χ0v) is 11.5. The number of carbonyl (C=O) groups is 1.